The summed E-state index contributed by atoms with van der Waals surface area (Å²) in [4.78, 5) is 168. The number of phenolic OH excluding ortho intramolecular Hbond substituents is 1. The highest BCUT2D eigenvalue weighted by Crippen LogP contribution is 2.30. The van der Waals surface area contributed by atoms with Gasteiger partial charge in [-0.2, -0.15) is 0 Å². The van der Waals surface area contributed by atoms with Crippen LogP contribution in [0.1, 0.15) is 121 Å². The van der Waals surface area contributed by atoms with E-state index in [1.807, 2.05) is 13.8 Å². The molecule has 0 saturated heterocycles. The van der Waals surface area contributed by atoms with Gasteiger partial charge in [0, 0.05) is 83.4 Å². The number of nitrogens with zero attached hydrogens (tertiary/aromatic N) is 9. The van der Waals surface area contributed by atoms with Gasteiger partial charge in [-0.05, 0) is 95.0 Å². The smallest absolute Gasteiger partial charge is 0.326 e. The maximum atomic E-state index is 15.2. The standard InChI is InChI=1S/C65H112N10O17/c1-26-40(10)52(56(80)66-41(11)57(81)69(17)46(31-36(2)3)59(83)70(18)48(34-44-27-29-45(77)30-28-44)58(82)68(16)42(12)63(87)88)73(21)61(85)49(35-91-24)71(19)62(86)53(43(13)76)74(22)60(84)47(32-37(4)5)72(20)64(89)65(90,75(23)50(78)33-38(6)7)55(92-25)54(79)51(39(8)9)67(14)15/h27-30,36-43,46-49,51-53,55,76-77,90H,26,31-35H2,1-25H3,(H,66,80)(H,87,88)/t40-,41+,42+,43-,46+,47+,48+,49+,51+,52+,53+,55?,65-/m1/s1. The lowest BCUT2D eigenvalue weighted by Gasteiger charge is -2.45. The van der Waals surface area contributed by atoms with E-state index in [0.717, 1.165) is 36.5 Å². The quantitative estimate of drug-likeness (QED) is 0.0594. The van der Waals surface area contributed by atoms with Crippen LogP contribution in [0, 0.1) is 29.6 Å². The Hall–Kier alpha value is -6.81. The number of likely N-dealkylation sites (N-methyl/N-ethyl adjacent to an activating group) is 9. The molecule has 0 bridgehead atoms. The van der Waals surface area contributed by atoms with Crippen molar-refractivity contribution in [2.45, 2.75) is 194 Å². The van der Waals surface area contributed by atoms with Crippen LogP contribution in [0.2, 0.25) is 0 Å². The Morgan fingerprint density at radius 1 is 0.554 bits per heavy atom. The van der Waals surface area contributed by atoms with E-state index < -0.39 is 150 Å². The second-order valence-corrected chi connectivity index (χ2v) is 26.5. The highest BCUT2D eigenvalue weighted by Gasteiger charge is 2.58. The third-order valence-electron chi connectivity index (χ3n) is 17.3. The van der Waals surface area contributed by atoms with Gasteiger partial charge in [0.2, 0.25) is 47.3 Å². The lowest BCUT2D eigenvalue weighted by Crippen LogP contribution is -2.71. The second kappa shape index (κ2) is 36.6. The number of hydrogen-bond donors (Lipinski definition) is 5. The first kappa shape index (κ1) is 83.2. The van der Waals surface area contributed by atoms with Crippen LogP contribution in [-0.2, 0) is 68.6 Å². The average Bonchev–Trinajstić information content (AvgIpc) is 0.762. The third kappa shape index (κ3) is 20.8. The fourth-order valence-electron chi connectivity index (χ4n) is 11.5. The molecule has 1 unspecified atom stereocenters. The molecule has 0 radical (unpaired) electrons. The highest BCUT2D eigenvalue weighted by molar-refractivity contribution is 6.02. The maximum Gasteiger partial charge on any atom is 0.326 e. The first-order valence-corrected chi connectivity index (χ1v) is 31.5. The number of hydrogen-bond acceptors (Lipinski definition) is 17. The lowest BCUT2D eigenvalue weighted by molar-refractivity contribution is -0.208. The van der Waals surface area contributed by atoms with Crippen LogP contribution in [0.5, 0.6) is 5.75 Å². The van der Waals surface area contributed by atoms with E-state index in [1.54, 1.807) is 86.5 Å². The number of carboxylic acids is 1. The summed E-state index contributed by atoms with van der Waals surface area (Å²) in [5.41, 5.74) is -2.48. The number of aliphatic hydroxyl groups is 2. The predicted octanol–water partition coefficient (Wildman–Crippen LogP) is 1.86. The van der Waals surface area contributed by atoms with Gasteiger partial charge in [-0.1, -0.05) is 87.8 Å². The Balaban J connectivity index is 3.85. The fraction of sp³-hybridized carbons (Fsp3) is 0.738. The molecule has 9 amide bonds. The summed E-state index contributed by atoms with van der Waals surface area (Å²) in [6.07, 6.45) is -3.50. The number of aliphatic hydroxyl groups excluding tert-OH is 1. The Bertz CT molecular complexity index is 2670. The van der Waals surface area contributed by atoms with Crippen molar-refractivity contribution in [3.8, 4) is 5.75 Å². The molecular formula is C65H112N10O17. The zero-order chi connectivity index (χ0) is 71.6. The Kier molecular flexibility index (Phi) is 33.1. The van der Waals surface area contributed by atoms with Crippen molar-refractivity contribution < 1.29 is 82.6 Å². The van der Waals surface area contributed by atoms with E-state index in [2.05, 4.69) is 5.32 Å². The number of methoxy groups -OCH3 is 2. The monoisotopic (exact) mass is 1300 g/mol. The molecule has 0 saturated carbocycles. The lowest BCUT2D eigenvalue weighted by atomic mass is 9.88. The van der Waals surface area contributed by atoms with Crippen LogP contribution < -0.4 is 5.32 Å². The van der Waals surface area contributed by atoms with Crippen LogP contribution in [0.25, 0.3) is 0 Å². The summed E-state index contributed by atoms with van der Waals surface area (Å²) in [6.45, 7) is 21.2. The van der Waals surface area contributed by atoms with Gasteiger partial charge < -0.3 is 74.4 Å². The maximum absolute atomic E-state index is 15.2. The molecule has 524 valence electrons. The molecule has 27 nitrogen and oxygen atoms in total. The third-order valence-corrected chi connectivity index (χ3v) is 17.3. The molecule has 13 atom stereocenters. The number of carbonyl (C=O) groups excluding carboxylic acids is 10. The minimum Gasteiger partial charge on any atom is -0.508 e. The van der Waals surface area contributed by atoms with Gasteiger partial charge in [0.1, 0.15) is 54.1 Å². The number of aromatic hydroxyl groups is 1. The number of nitrogens with one attached hydrogen (secondary N) is 1. The zero-order valence-electron chi connectivity index (χ0n) is 59.4. The van der Waals surface area contributed by atoms with E-state index in [9.17, 15) is 63.6 Å². The van der Waals surface area contributed by atoms with Crippen LogP contribution in [0.3, 0.4) is 0 Å². The molecule has 1 aromatic carbocycles. The molecule has 1 rings (SSSR count). The minimum absolute atomic E-state index is 0.0407. The minimum atomic E-state index is -3.03. The predicted molar refractivity (Wildman–Crippen MR) is 346 cm³/mol. The summed E-state index contributed by atoms with van der Waals surface area (Å²) >= 11 is 0. The largest absolute Gasteiger partial charge is 0.508 e. The van der Waals surface area contributed by atoms with E-state index >= 15 is 9.59 Å². The molecule has 0 aliphatic carbocycles. The van der Waals surface area contributed by atoms with Gasteiger partial charge in [0.15, 0.2) is 11.9 Å². The second-order valence-electron chi connectivity index (χ2n) is 26.5. The Morgan fingerprint density at radius 3 is 1.42 bits per heavy atom. The van der Waals surface area contributed by atoms with Crippen molar-refractivity contribution in [3.05, 3.63) is 29.8 Å². The summed E-state index contributed by atoms with van der Waals surface area (Å²) in [6, 6.07) is -6.14. The molecule has 92 heavy (non-hydrogen) atoms. The summed E-state index contributed by atoms with van der Waals surface area (Å²) in [7, 11) is 15.9. The average molecular weight is 1310 g/mol. The van der Waals surface area contributed by atoms with Crippen LogP contribution in [-0.4, -0.2) is 293 Å². The number of aliphatic carboxylic acids is 1. The van der Waals surface area contributed by atoms with Crippen molar-refractivity contribution in [1.29, 1.82) is 0 Å². The molecule has 0 spiro atoms. The normalized spacial score (nSPS) is 16.3. The van der Waals surface area contributed by atoms with Crippen LogP contribution in [0.15, 0.2) is 24.3 Å². The molecule has 27 heteroatoms. The van der Waals surface area contributed by atoms with Gasteiger partial charge in [0.05, 0.1) is 18.8 Å². The summed E-state index contributed by atoms with van der Waals surface area (Å²) < 4.78 is 11.2. The number of benzene rings is 1. The van der Waals surface area contributed by atoms with Crippen LogP contribution in [0.4, 0.5) is 0 Å². The van der Waals surface area contributed by atoms with Gasteiger partial charge in [-0.15, -0.1) is 0 Å². The summed E-state index contributed by atoms with van der Waals surface area (Å²) in [5.74, 6) is -11.3. The number of carbonyl (C=O) groups is 11. The molecule has 0 aliphatic heterocycles. The van der Waals surface area contributed by atoms with Crippen molar-refractivity contribution in [2.24, 2.45) is 29.6 Å². The number of ether oxygens (including phenoxy) is 2. The molecule has 0 aromatic heterocycles. The fourth-order valence-corrected chi connectivity index (χ4v) is 11.5. The van der Waals surface area contributed by atoms with Crippen molar-refractivity contribution in [2.75, 3.05) is 91.3 Å². The van der Waals surface area contributed by atoms with E-state index in [0.29, 0.717) is 12.0 Å². The van der Waals surface area contributed by atoms with Gasteiger partial charge >= 0.3 is 5.97 Å². The van der Waals surface area contributed by atoms with Gasteiger partial charge in [-0.25, -0.2) is 4.79 Å². The first-order valence-electron chi connectivity index (χ1n) is 31.5. The molecule has 0 heterocycles. The molecule has 5 N–H and O–H groups in total. The van der Waals surface area contributed by atoms with E-state index in [-0.39, 0.29) is 55.1 Å². The Morgan fingerprint density at radius 2 is 1.00 bits per heavy atom. The van der Waals surface area contributed by atoms with Gasteiger partial charge in [-0.3, -0.25) is 52.8 Å². The molecular weight excluding hydrogens is 1190 g/mol. The van der Waals surface area contributed by atoms with Crippen molar-refractivity contribution in [3.63, 3.8) is 0 Å². The number of amides is 9. The number of rotatable bonds is 37. The number of ketones is 1. The van der Waals surface area contributed by atoms with Crippen molar-refractivity contribution in [1.82, 2.24) is 49.4 Å². The molecule has 1 aromatic rings. The number of phenols is 1. The SMILES string of the molecule is CC[C@@H](C)[C@@H](C(=O)N[C@@H](C)C(=O)N(C)[C@@H](CC(C)C)C(=O)N(C)[C@@H](Cc1ccc(O)cc1)C(=O)N(C)[C@@H](C)C(=O)O)N(C)C(=O)[C@H](COC)N(C)C(=O)[C@H]([C@@H](C)O)N(C)C(=O)[C@H](CC(C)C)N(C)C(=O)[C@](O)(C(OC)C(=O)[C@H](C(C)C)N(C)C)N(C)C(=O)CC(C)C. The highest BCUT2D eigenvalue weighted by atomic mass is 16.5. The topological polar surface area (TPSA) is 328 Å². The van der Waals surface area contributed by atoms with Crippen molar-refractivity contribution >= 4 is 64.9 Å². The van der Waals surface area contributed by atoms with Crippen LogP contribution >= 0.6 is 0 Å². The summed E-state index contributed by atoms with van der Waals surface area (Å²) in [5, 5.41) is 46.7. The molecule has 0 aliphatic rings. The zero-order valence-corrected chi connectivity index (χ0v) is 59.4. The number of carboxylic acid groups (broad SMARTS) is 1. The van der Waals surface area contributed by atoms with Gasteiger partial charge in [0.25, 0.3) is 11.6 Å². The van der Waals surface area contributed by atoms with E-state index in [1.165, 1.54) is 106 Å². The van der Waals surface area contributed by atoms with E-state index in [4.69, 9.17) is 9.47 Å². The Labute approximate surface area is 546 Å². The number of Topliss-reactive ketones (excluding diaryl/α,β-unsaturated/α-hetero) is 1. The first-order chi connectivity index (χ1) is 42.4. The molecule has 0 fully saturated rings.